The predicted octanol–water partition coefficient (Wildman–Crippen LogP) is 2.08. The van der Waals surface area contributed by atoms with E-state index >= 15 is 0 Å². The highest BCUT2D eigenvalue weighted by Crippen LogP contribution is 2.31. The number of sulfonamides is 1. The molecule has 0 aliphatic carbocycles. The molecule has 1 aliphatic heterocycles. The minimum absolute atomic E-state index is 0.0150. The summed E-state index contributed by atoms with van der Waals surface area (Å²) in [6.07, 6.45) is 0.477. The molecule has 1 fully saturated rings. The number of carboxylic acid groups (broad SMARTS) is 1. The lowest BCUT2D eigenvalue weighted by molar-refractivity contribution is -0.143. The van der Waals surface area contributed by atoms with Crippen molar-refractivity contribution in [3.05, 3.63) is 23.2 Å². The lowest BCUT2D eigenvalue weighted by Gasteiger charge is -2.33. The van der Waals surface area contributed by atoms with E-state index in [1.54, 1.807) is 0 Å². The maximum atomic E-state index is 12.7. The fourth-order valence-electron chi connectivity index (χ4n) is 2.63. The Labute approximate surface area is 134 Å². The SMILES string of the molecule is COc1cc(S(=O)(=O)N2CC(C)CC(C(=O)O)C2)ccc1Cl. The number of benzene rings is 1. The third-order valence-electron chi connectivity index (χ3n) is 3.74. The van der Waals surface area contributed by atoms with Crippen LogP contribution in [0.2, 0.25) is 5.02 Å². The Morgan fingerprint density at radius 3 is 2.68 bits per heavy atom. The van der Waals surface area contributed by atoms with Gasteiger partial charge >= 0.3 is 5.97 Å². The Bertz CT molecular complexity index is 676. The summed E-state index contributed by atoms with van der Waals surface area (Å²) in [4.78, 5) is 11.2. The molecule has 1 saturated heterocycles. The largest absolute Gasteiger partial charge is 0.495 e. The second-order valence-corrected chi connectivity index (χ2v) is 7.84. The molecule has 0 saturated carbocycles. The molecule has 8 heteroatoms. The van der Waals surface area contributed by atoms with Gasteiger partial charge in [-0.2, -0.15) is 4.31 Å². The van der Waals surface area contributed by atoms with E-state index in [0.717, 1.165) is 0 Å². The van der Waals surface area contributed by atoms with Gasteiger partial charge in [0.05, 0.1) is 22.9 Å². The first-order chi connectivity index (χ1) is 10.3. The van der Waals surface area contributed by atoms with Crippen molar-refractivity contribution in [3.8, 4) is 5.75 Å². The standard InChI is InChI=1S/C14H18ClNO5S/c1-9-5-10(14(17)18)8-16(7-9)22(19,20)11-3-4-12(15)13(6-11)21-2/h3-4,6,9-10H,5,7-8H2,1-2H3,(H,17,18). The summed E-state index contributed by atoms with van der Waals surface area (Å²) < 4.78 is 31.7. The number of aliphatic carboxylic acids is 1. The highest BCUT2D eigenvalue weighted by molar-refractivity contribution is 7.89. The molecule has 2 rings (SSSR count). The number of nitrogens with zero attached hydrogens (tertiary/aromatic N) is 1. The van der Waals surface area contributed by atoms with Gasteiger partial charge in [0.1, 0.15) is 5.75 Å². The Hall–Kier alpha value is -1.31. The summed E-state index contributed by atoms with van der Waals surface area (Å²) in [7, 11) is -2.38. The first kappa shape index (κ1) is 17.1. The second-order valence-electron chi connectivity index (χ2n) is 5.49. The van der Waals surface area contributed by atoms with E-state index in [4.69, 9.17) is 21.4 Å². The fraction of sp³-hybridized carbons (Fsp3) is 0.500. The molecule has 1 N–H and O–H groups in total. The van der Waals surface area contributed by atoms with Gasteiger partial charge in [-0.05, 0) is 24.5 Å². The molecule has 0 aromatic heterocycles. The predicted molar refractivity (Wildman–Crippen MR) is 81.7 cm³/mol. The summed E-state index contributed by atoms with van der Waals surface area (Å²) in [5, 5.41) is 9.49. The van der Waals surface area contributed by atoms with Crippen LogP contribution in [0.3, 0.4) is 0 Å². The van der Waals surface area contributed by atoms with Crippen LogP contribution in [0.25, 0.3) is 0 Å². The Kier molecular flexibility index (Phi) is 4.99. The van der Waals surface area contributed by atoms with Crippen LogP contribution in [0.5, 0.6) is 5.75 Å². The molecule has 0 spiro atoms. The quantitative estimate of drug-likeness (QED) is 0.901. The van der Waals surface area contributed by atoms with Crippen molar-refractivity contribution in [2.45, 2.75) is 18.2 Å². The number of piperidine rings is 1. The number of carboxylic acids is 1. The molecule has 1 aromatic rings. The zero-order valence-corrected chi connectivity index (χ0v) is 13.9. The zero-order valence-electron chi connectivity index (χ0n) is 12.3. The van der Waals surface area contributed by atoms with E-state index in [-0.39, 0.29) is 23.1 Å². The minimum Gasteiger partial charge on any atom is -0.495 e. The normalized spacial score (nSPS) is 23.2. The van der Waals surface area contributed by atoms with Crippen LogP contribution >= 0.6 is 11.6 Å². The number of hydrogen-bond acceptors (Lipinski definition) is 4. The third kappa shape index (κ3) is 3.37. The highest BCUT2D eigenvalue weighted by Gasteiger charge is 2.36. The monoisotopic (exact) mass is 347 g/mol. The Morgan fingerprint density at radius 1 is 1.41 bits per heavy atom. The molecule has 2 atom stereocenters. The van der Waals surface area contributed by atoms with Gasteiger partial charge < -0.3 is 9.84 Å². The molecule has 1 aromatic carbocycles. The average Bonchev–Trinajstić information content (AvgIpc) is 2.46. The summed E-state index contributed by atoms with van der Waals surface area (Å²) >= 11 is 5.91. The molecule has 0 amide bonds. The van der Waals surface area contributed by atoms with Crippen LogP contribution in [0.15, 0.2) is 23.1 Å². The van der Waals surface area contributed by atoms with Crippen LogP contribution in [-0.4, -0.2) is 44.0 Å². The van der Waals surface area contributed by atoms with Crippen LogP contribution < -0.4 is 4.74 Å². The summed E-state index contributed by atoms with van der Waals surface area (Å²) in [5.41, 5.74) is 0. The van der Waals surface area contributed by atoms with Gasteiger partial charge in [-0.1, -0.05) is 18.5 Å². The maximum Gasteiger partial charge on any atom is 0.307 e. The maximum absolute atomic E-state index is 12.7. The van der Waals surface area contributed by atoms with E-state index in [2.05, 4.69) is 0 Å². The smallest absolute Gasteiger partial charge is 0.307 e. The van der Waals surface area contributed by atoms with Crippen LogP contribution in [0.4, 0.5) is 0 Å². The summed E-state index contributed by atoms with van der Waals surface area (Å²) in [5.74, 6) is -1.41. The van der Waals surface area contributed by atoms with Crippen LogP contribution in [-0.2, 0) is 14.8 Å². The molecule has 122 valence electrons. The first-order valence-corrected chi connectivity index (χ1v) is 8.64. The van der Waals surface area contributed by atoms with Crippen LogP contribution in [0.1, 0.15) is 13.3 Å². The number of ether oxygens (including phenoxy) is 1. The van der Waals surface area contributed by atoms with E-state index in [1.807, 2.05) is 6.92 Å². The van der Waals surface area contributed by atoms with Gasteiger partial charge in [-0.3, -0.25) is 4.79 Å². The lowest BCUT2D eigenvalue weighted by atomic mass is 9.92. The highest BCUT2D eigenvalue weighted by atomic mass is 35.5. The Balaban J connectivity index is 2.35. The summed E-state index contributed by atoms with van der Waals surface area (Å²) in [6.45, 7) is 2.13. The van der Waals surface area contributed by atoms with Crippen molar-refractivity contribution < 1.29 is 23.1 Å². The van der Waals surface area contributed by atoms with Gasteiger partial charge in [-0.25, -0.2) is 8.42 Å². The molecule has 2 unspecified atom stereocenters. The number of hydrogen-bond donors (Lipinski definition) is 1. The van der Waals surface area contributed by atoms with Crippen molar-refractivity contribution in [1.29, 1.82) is 0 Å². The number of carbonyl (C=O) groups is 1. The topological polar surface area (TPSA) is 83.9 Å². The van der Waals surface area contributed by atoms with E-state index < -0.39 is 21.9 Å². The molecular formula is C14H18ClNO5S. The molecule has 0 bridgehead atoms. The van der Waals surface area contributed by atoms with Crippen molar-refractivity contribution in [2.75, 3.05) is 20.2 Å². The van der Waals surface area contributed by atoms with E-state index in [9.17, 15) is 13.2 Å². The first-order valence-electron chi connectivity index (χ1n) is 6.82. The van der Waals surface area contributed by atoms with Crippen LogP contribution in [0, 0.1) is 11.8 Å². The van der Waals surface area contributed by atoms with Crippen molar-refractivity contribution >= 4 is 27.6 Å². The lowest BCUT2D eigenvalue weighted by Crippen LogP contribution is -2.45. The average molecular weight is 348 g/mol. The van der Waals surface area contributed by atoms with Crippen molar-refractivity contribution in [3.63, 3.8) is 0 Å². The molecule has 6 nitrogen and oxygen atoms in total. The number of methoxy groups -OCH3 is 1. The molecule has 22 heavy (non-hydrogen) atoms. The molecule has 1 heterocycles. The Morgan fingerprint density at radius 2 is 2.09 bits per heavy atom. The molecule has 1 aliphatic rings. The number of halogens is 1. The molecular weight excluding hydrogens is 330 g/mol. The van der Waals surface area contributed by atoms with Gasteiger partial charge in [-0.15, -0.1) is 0 Å². The molecule has 0 radical (unpaired) electrons. The zero-order chi connectivity index (χ0) is 16.5. The van der Waals surface area contributed by atoms with Gasteiger partial charge in [0.15, 0.2) is 0 Å². The van der Waals surface area contributed by atoms with E-state index in [0.29, 0.717) is 18.0 Å². The van der Waals surface area contributed by atoms with Crippen molar-refractivity contribution in [2.24, 2.45) is 11.8 Å². The van der Waals surface area contributed by atoms with Gasteiger partial charge in [0, 0.05) is 19.2 Å². The third-order valence-corrected chi connectivity index (χ3v) is 5.88. The van der Waals surface area contributed by atoms with Gasteiger partial charge in [0.25, 0.3) is 0 Å². The summed E-state index contributed by atoms with van der Waals surface area (Å²) in [6, 6.07) is 4.21. The second kappa shape index (κ2) is 6.44. The van der Waals surface area contributed by atoms with Crippen molar-refractivity contribution in [1.82, 2.24) is 4.31 Å². The minimum atomic E-state index is -3.78. The van der Waals surface area contributed by atoms with Gasteiger partial charge in [0.2, 0.25) is 10.0 Å². The van der Waals surface area contributed by atoms with E-state index in [1.165, 1.54) is 29.6 Å². The number of rotatable bonds is 4. The fourth-order valence-corrected chi connectivity index (χ4v) is 4.44.